The molecule has 2 aliphatic rings. The van der Waals surface area contributed by atoms with Gasteiger partial charge in [0.15, 0.2) is 0 Å². The molecule has 0 aromatic heterocycles. The number of likely N-dealkylation sites (tertiary alicyclic amines) is 1. The Labute approximate surface area is 127 Å². The van der Waals surface area contributed by atoms with Crippen molar-refractivity contribution in [1.82, 2.24) is 10.2 Å². The number of nitrogens with one attached hydrogen (secondary N) is 1. The van der Waals surface area contributed by atoms with Gasteiger partial charge < -0.3 is 15.3 Å². The van der Waals surface area contributed by atoms with Gasteiger partial charge in [0.1, 0.15) is 5.75 Å². The van der Waals surface area contributed by atoms with Crippen LogP contribution < -0.4 is 5.32 Å². The summed E-state index contributed by atoms with van der Waals surface area (Å²) < 4.78 is 0. The van der Waals surface area contributed by atoms with Crippen LogP contribution in [0.1, 0.15) is 24.8 Å². The second-order valence-electron chi connectivity index (χ2n) is 5.46. The minimum atomic E-state index is -0.116. The highest BCUT2D eigenvalue weighted by molar-refractivity contribution is 6.42. The molecule has 108 valence electrons. The normalized spacial score (nSPS) is 26.9. The number of hydrogen-bond donors (Lipinski definition) is 2. The van der Waals surface area contributed by atoms with E-state index < -0.39 is 0 Å². The number of hydrogen-bond acceptors (Lipinski definition) is 3. The molecule has 1 aromatic carbocycles. The number of carbonyl (C=O) groups excluding carboxylic acids is 1. The quantitative estimate of drug-likeness (QED) is 0.881. The lowest BCUT2D eigenvalue weighted by Gasteiger charge is -2.39. The molecule has 20 heavy (non-hydrogen) atoms. The third kappa shape index (κ3) is 2.07. The lowest BCUT2D eigenvalue weighted by Crippen LogP contribution is -2.59. The molecule has 0 spiro atoms. The maximum Gasteiger partial charge on any atom is 0.223 e. The molecule has 2 aliphatic heterocycles. The summed E-state index contributed by atoms with van der Waals surface area (Å²) in [6.45, 7) is 3.67. The second kappa shape index (κ2) is 5.10. The van der Waals surface area contributed by atoms with Gasteiger partial charge in [-0.15, -0.1) is 0 Å². The number of phenolic OH excluding ortho intramolecular Hbond substituents is 1. The molecular weight excluding hydrogens is 299 g/mol. The number of benzene rings is 1. The lowest BCUT2D eigenvalue weighted by molar-refractivity contribution is -0.131. The number of halogens is 2. The molecule has 3 rings (SSSR count). The zero-order valence-electron chi connectivity index (χ0n) is 11.1. The average Bonchev–Trinajstić information content (AvgIpc) is 2.61. The van der Waals surface area contributed by atoms with Crippen LogP contribution in [0.2, 0.25) is 10.0 Å². The number of phenols is 1. The summed E-state index contributed by atoms with van der Waals surface area (Å²) in [5.41, 5.74) is 0.592. The van der Waals surface area contributed by atoms with Crippen molar-refractivity contribution < 1.29 is 9.90 Å². The minimum Gasteiger partial charge on any atom is -0.508 e. The molecule has 2 heterocycles. The predicted octanol–water partition coefficient (Wildman–Crippen LogP) is 2.38. The van der Waals surface area contributed by atoms with Crippen molar-refractivity contribution in [2.75, 3.05) is 13.1 Å². The van der Waals surface area contributed by atoms with Crippen molar-refractivity contribution in [3.63, 3.8) is 0 Å². The third-order valence-corrected chi connectivity index (χ3v) is 5.16. The molecule has 4 nitrogen and oxygen atoms in total. The zero-order valence-corrected chi connectivity index (χ0v) is 12.6. The molecule has 2 atom stereocenters. The van der Waals surface area contributed by atoms with E-state index >= 15 is 0 Å². The van der Waals surface area contributed by atoms with E-state index in [-0.39, 0.29) is 29.7 Å². The topological polar surface area (TPSA) is 52.6 Å². The Hall–Kier alpha value is -0.970. The Morgan fingerprint density at radius 1 is 1.35 bits per heavy atom. The van der Waals surface area contributed by atoms with Crippen molar-refractivity contribution in [3.05, 3.63) is 27.7 Å². The van der Waals surface area contributed by atoms with E-state index in [1.807, 2.05) is 11.8 Å². The van der Waals surface area contributed by atoms with Gasteiger partial charge in [-0.25, -0.2) is 0 Å². The Bertz CT molecular complexity index is 560. The fourth-order valence-corrected chi connectivity index (χ4v) is 3.61. The summed E-state index contributed by atoms with van der Waals surface area (Å²) in [4.78, 5) is 14.2. The summed E-state index contributed by atoms with van der Waals surface area (Å²) in [5.74, 6) is 0.108. The second-order valence-corrected chi connectivity index (χ2v) is 6.24. The standard InChI is InChI=1S/C14H16Cl2N2O2/c1-7-9(4-12(20)18(7)8-5-17-6-8)13-11(19)3-2-10(15)14(13)16/h2-3,7-9,17,19H,4-6H2,1H3/t7?,9-/m1/s1. The van der Waals surface area contributed by atoms with Gasteiger partial charge in [-0.3, -0.25) is 4.79 Å². The van der Waals surface area contributed by atoms with Crippen molar-refractivity contribution in [2.45, 2.75) is 31.3 Å². The third-order valence-electron chi connectivity index (χ3n) is 4.34. The van der Waals surface area contributed by atoms with Crippen LogP contribution in [0.25, 0.3) is 0 Å². The highest BCUT2D eigenvalue weighted by Gasteiger charge is 2.44. The molecule has 1 unspecified atom stereocenters. The molecule has 1 amide bonds. The first kappa shape index (κ1) is 14.0. The number of carbonyl (C=O) groups is 1. The van der Waals surface area contributed by atoms with Gasteiger partial charge in [0.25, 0.3) is 0 Å². The molecule has 6 heteroatoms. The fraction of sp³-hybridized carbons (Fsp3) is 0.500. The molecule has 2 saturated heterocycles. The molecule has 0 saturated carbocycles. The van der Waals surface area contributed by atoms with E-state index in [1.165, 1.54) is 6.07 Å². The van der Waals surface area contributed by atoms with Crippen LogP contribution in [0.15, 0.2) is 12.1 Å². The van der Waals surface area contributed by atoms with Crippen LogP contribution in [0.3, 0.4) is 0 Å². The Morgan fingerprint density at radius 2 is 2.05 bits per heavy atom. The predicted molar refractivity (Wildman–Crippen MR) is 78.5 cm³/mol. The number of amides is 1. The van der Waals surface area contributed by atoms with Crippen LogP contribution in [0, 0.1) is 0 Å². The lowest BCUT2D eigenvalue weighted by atomic mass is 9.91. The van der Waals surface area contributed by atoms with E-state index in [1.54, 1.807) is 6.07 Å². The van der Waals surface area contributed by atoms with Gasteiger partial charge in [0.2, 0.25) is 5.91 Å². The summed E-state index contributed by atoms with van der Waals surface area (Å²) >= 11 is 12.3. The van der Waals surface area contributed by atoms with E-state index in [0.717, 1.165) is 13.1 Å². The first-order valence-electron chi connectivity index (χ1n) is 6.69. The Kier molecular flexibility index (Phi) is 3.56. The highest BCUT2D eigenvalue weighted by atomic mass is 35.5. The van der Waals surface area contributed by atoms with Gasteiger partial charge in [-0.05, 0) is 19.1 Å². The number of nitrogens with zero attached hydrogens (tertiary/aromatic N) is 1. The van der Waals surface area contributed by atoms with Crippen molar-refractivity contribution in [2.24, 2.45) is 0 Å². The van der Waals surface area contributed by atoms with E-state index in [0.29, 0.717) is 22.0 Å². The average molecular weight is 315 g/mol. The van der Waals surface area contributed by atoms with E-state index in [4.69, 9.17) is 23.2 Å². The minimum absolute atomic E-state index is 0.0106. The maximum absolute atomic E-state index is 12.3. The maximum atomic E-state index is 12.3. The highest BCUT2D eigenvalue weighted by Crippen LogP contribution is 2.45. The first-order valence-corrected chi connectivity index (χ1v) is 7.45. The largest absolute Gasteiger partial charge is 0.508 e. The molecule has 0 radical (unpaired) electrons. The first-order chi connectivity index (χ1) is 9.50. The molecule has 0 aliphatic carbocycles. The number of rotatable bonds is 2. The monoisotopic (exact) mass is 314 g/mol. The molecule has 0 bridgehead atoms. The van der Waals surface area contributed by atoms with E-state index in [2.05, 4.69) is 5.32 Å². The van der Waals surface area contributed by atoms with Gasteiger partial charge >= 0.3 is 0 Å². The van der Waals surface area contributed by atoms with Crippen LogP contribution in [0.4, 0.5) is 0 Å². The summed E-state index contributed by atoms with van der Waals surface area (Å²) in [6, 6.07) is 3.37. The van der Waals surface area contributed by atoms with Crippen molar-refractivity contribution in [1.29, 1.82) is 0 Å². The van der Waals surface area contributed by atoms with Crippen LogP contribution in [0.5, 0.6) is 5.75 Å². The smallest absolute Gasteiger partial charge is 0.223 e. The molecule has 1 aromatic rings. The Morgan fingerprint density at radius 3 is 2.65 bits per heavy atom. The number of aromatic hydroxyl groups is 1. The Balaban J connectivity index is 1.95. The van der Waals surface area contributed by atoms with Crippen molar-refractivity contribution >= 4 is 29.1 Å². The van der Waals surface area contributed by atoms with Crippen molar-refractivity contribution in [3.8, 4) is 5.75 Å². The van der Waals surface area contributed by atoms with Crippen LogP contribution in [-0.4, -0.2) is 41.1 Å². The molecule has 2 N–H and O–H groups in total. The summed E-state index contributed by atoms with van der Waals surface area (Å²) in [6.07, 6.45) is 0.366. The van der Waals surface area contributed by atoms with Crippen LogP contribution in [-0.2, 0) is 4.79 Å². The van der Waals surface area contributed by atoms with Crippen LogP contribution >= 0.6 is 23.2 Å². The summed E-state index contributed by atoms with van der Waals surface area (Å²) in [5, 5.41) is 14.0. The SMILES string of the molecule is CC1[C@H](c2c(O)ccc(Cl)c2Cl)CC(=O)N1C1CNC1. The van der Waals surface area contributed by atoms with Gasteiger partial charge in [0, 0.05) is 37.0 Å². The summed E-state index contributed by atoms with van der Waals surface area (Å²) in [7, 11) is 0. The van der Waals surface area contributed by atoms with Gasteiger partial charge in [-0.2, -0.15) is 0 Å². The van der Waals surface area contributed by atoms with Gasteiger partial charge in [-0.1, -0.05) is 23.2 Å². The zero-order chi connectivity index (χ0) is 14.4. The molecular formula is C14H16Cl2N2O2. The van der Waals surface area contributed by atoms with E-state index in [9.17, 15) is 9.90 Å². The molecule has 2 fully saturated rings. The fourth-order valence-electron chi connectivity index (χ4n) is 3.14. The van der Waals surface area contributed by atoms with Gasteiger partial charge in [0.05, 0.1) is 16.1 Å².